The van der Waals surface area contributed by atoms with E-state index in [4.69, 9.17) is 4.74 Å². The molecule has 3 N–H and O–H groups in total. The SMILES string of the molecule is CC(C(O)c1ccc(O)c2[nH]c(=O)ccc12)N1CCOCC1. The fourth-order valence-electron chi connectivity index (χ4n) is 2.96. The molecule has 22 heavy (non-hydrogen) atoms. The highest BCUT2D eigenvalue weighted by molar-refractivity contribution is 5.87. The number of nitrogens with zero attached hydrogens (tertiary/aromatic N) is 1. The summed E-state index contributed by atoms with van der Waals surface area (Å²) in [5.74, 6) is 0.00248. The standard InChI is InChI=1S/C16H20N2O4/c1-10(18-6-8-22-9-7-18)16(21)12-2-4-13(19)15-11(12)3-5-14(20)17-15/h2-5,10,16,19,21H,6-9H2,1H3,(H,17,20). The predicted octanol–water partition coefficient (Wildman–Crippen LogP) is 0.988. The molecule has 1 aromatic carbocycles. The minimum atomic E-state index is -0.716. The average molecular weight is 304 g/mol. The molecule has 0 radical (unpaired) electrons. The summed E-state index contributed by atoms with van der Waals surface area (Å²) >= 11 is 0. The van der Waals surface area contributed by atoms with E-state index in [1.807, 2.05) is 6.92 Å². The monoisotopic (exact) mass is 304 g/mol. The zero-order valence-corrected chi connectivity index (χ0v) is 12.5. The molecule has 1 fully saturated rings. The first-order chi connectivity index (χ1) is 10.6. The highest BCUT2D eigenvalue weighted by Gasteiger charge is 2.26. The molecule has 0 amide bonds. The molecule has 0 aliphatic carbocycles. The van der Waals surface area contributed by atoms with Gasteiger partial charge in [-0.25, -0.2) is 0 Å². The molecule has 0 saturated carbocycles. The number of aromatic nitrogens is 1. The second-order valence-electron chi connectivity index (χ2n) is 5.62. The number of aliphatic hydroxyl groups is 1. The number of aromatic amines is 1. The van der Waals surface area contributed by atoms with Gasteiger partial charge in [0, 0.05) is 30.6 Å². The highest BCUT2D eigenvalue weighted by atomic mass is 16.5. The van der Waals surface area contributed by atoms with Gasteiger partial charge >= 0.3 is 0 Å². The van der Waals surface area contributed by atoms with Crippen LogP contribution in [-0.2, 0) is 4.74 Å². The summed E-state index contributed by atoms with van der Waals surface area (Å²) in [5, 5.41) is 21.3. The van der Waals surface area contributed by atoms with Crippen LogP contribution in [0.15, 0.2) is 29.1 Å². The van der Waals surface area contributed by atoms with Gasteiger partial charge in [0.2, 0.25) is 5.56 Å². The quantitative estimate of drug-likeness (QED) is 0.787. The second-order valence-corrected chi connectivity index (χ2v) is 5.62. The number of morpholine rings is 1. The van der Waals surface area contributed by atoms with Crippen LogP contribution < -0.4 is 5.56 Å². The Balaban J connectivity index is 1.98. The van der Waals surface area contributed by atoms with Crippen LogP contribution in [0.1, 0.15) is 18.6 Å². The number of ether oxygens (including phenoxy) is 1. The maximum absolute atomic E-state index is 11.4. The van der Waals surface area contributed by atoms with Crippen molar-refractivity contribution in [2.75, 3.05) is 26.3 Å². The van der Waals surface area contributed by atoms with E-state index < -0.39 is 6.10 Å². The molecule has 0 spiro atoms. The van der Waals surface area contributed by atoms with Crippen molar-refractivity contribution in [3.8, 4) is 5.75 Å². The van der Waals surface area contributed by atoms with E-state index in [9.17, 15) is 15.0 Å². The summed E-state index contributed by atoms with van der Waals surface area (Å²) in [7, 11) is 0. The van der Waals surface area contributed by atoms with Crippen molar-refractivity contribution in [3.05, 3.63) is 40.2 Å². The predicted molar refractivity (Wildman–Crippen MR) is 83.0 cm³/mol. The second kappa shape index (κ2) is 6.08. The fourth-order valence-corrected chi connectivity index (χ4v) is 2.96. The molecular formula is C16H20N2O4. The lowest BCUT2D eigenvalue weighted by Gasteiger charge is -2.35. The third kappa shape index (κ3) is 2.72. The Morgan fingerprint density at radius 1 is 1.23 bits per heavy atom. The van der Waals surface area contributed by atoms with Crippen LogP contribution >= 0.6 is 0 Å². The van der Waals surface area contributed by atoms with Gasteiger partial charge in [-0.15, -0.1) is 0 Å². The number of phenols is 1. The van der Waals surface area contributed by atoms with Gasteiger partial charge in [-0.2, -0.15) is 0 Å². The molecule has 2 atom stereocenters. The van der Waals surface area contributed by atoms with Gasteiger partial charge < -0.3 is 19.9 Å². The molecule has 3 rings (SSSR count). The number of rotatable bonds is 3. The summed E-state index contributed by atoms with van der Waals surface area (Å²) in [5.41, 5.74) is 0.775. The van der Waals surface area contributed by atoms with Crippen molar-refractivity contribution in [3.63, 3.8) is 0 Å². The van der Waals surface area contributed by atoms with Gasteiger partial charge in [0.05, 0.1) is 24.8 Å². The number of hydrogen-bond acceptors (Lipinski definition) is 5. The van der Waals surface area contributed by atoms with Crippen LogP contribution in [0.3, 0.4) is 0 Å². The molecule has 1 aliphatic rings. The third-order valence-electron chi connectivity index (χ3n) is 4.30. The van der Waals surface area contributed by atoms with Crippen LogP contribution in [0.5, 0.6) is 5.75 Å². The normalized spacial score (nSPS) is 19.2. The zero-order valence-electron chi connectivity index (χ0n) is 12.5. The molecule has 2 aromatic rings. The number of phenolic OH excluding ortho intramolecular Hbond substituents is 1. The summed E-state index contributed by atoms with van der Waals surface area (Å²) in [6, 6.07) is 6.17. The molecule has 0 bridgehead atoms. The Hall–Kier alpha value is -1.89. The smallest absolute Gasteiger partial charge is 0.248 e. The van der Waals surface area contributed by atoms with Crippen molar-refractivity contribution < 1.29 is 14.9 Å². The molecule has 1 saturated heterocycles. The number of nitrogens with one attached hydrogen (secondary N) is 1. The van der Waals surface area contributed by atoms with Crippen LogP contribution in [0.4, 0.5) is 0 Å². The number of aliphatic hydroxyl groups excluding tert-OH is 1. The zero-order chi connectivity index (χ0) is 15.7. The Labute approximate surface area is 128 Å². The number of hydrogen-bond donors (Lipinski definition) is 3. The van der Waals surface area contributed by atoms with Crippen molar-refractivity contribution in [1.29, 1.82) is 0 Å². The van der Waals surface area contributed by atoms with Crippen molar-refractivity contribution in [1.82, 2.24) is 9.88 Å². The third-order valence-corrected chi connectivity index (χ3v) is 4.30. The lowest BCUT2D eigenvalue weighted by molar-refractivity contribution is -0.0162. The summed E-state index contributed by atoms with van der Waals surface area (Å²) in [4.78, 5) is 16.2. The summed E-state index contributed by atoms with van der Waals surface area (Å²) in [6.45, 7) is 4.87. The van der Waals surface area contributed by atoms with E-state index >= 15 is 0 Å². The average Bonchev–Trinajstić information content (AvgIpc) is 2.55. The van der Waals surface area contributed by atoms with Gasteiger partial charge in [0.25, 0.3) is 0 Å². The molecule has 2 unspecified atom stereocenters. The van der Waals surface area contributed by atoms with E-state index in [-0.39, 0.29) is 17.4 Å². The van der Waals surface area contributed by atoms with E-state index in [1.165, 1.54) is 12.1 Å². The van der Waals surface area contributed by atoms with Crippen molar-refractivity contribution in [2.45, 2.75) is 19.1 Å². The van der Waals surface area contributed by atoms with Crippen molar-refractivity contribution >= 4 is 10.9 Å². The fraction of sp³-hybridized carbons (Fsp3) is 0.438. The van der Waals surface area contributed by atoms with Crippen molar-refractivity contribution in [2.24, 2.45) is 0 Å². The number of aromatic hydroxyl groups is 1. The van der Waals surface area contributed by atoms with E-state index in [0.717, 1.165) is 13.1 Å². The van der Waals surface area contributed by atoms with Gasteiger partial charge in [-0.3, -0.25) is 9.69 Å². The Bertz CT molecular complexity index is 722. The molecule has 1 aliphatic heterocycles. The first-order valence-corrected chi connectivity index (χ1v) is 7.42. The van der Waals surface area contributed by atoms with Crippen LogP contribution in [0.25, 0.3) is 10.9 Å². The number of H-pyrrole nitrogens is 1. The first-order valence-electron chi connectivity index (χ1n) is 7.42. The van der Waals surface area contributed by atoms with E-state index in [2.05, 4.69) is 9.88 Å². The van der Waals surface area contributed by atoms with Crippen LogP contribution in [-0.4, -0.2) is 52.4 Å². The van der Waals surface area contributed by atoms with Gasteiger partial charge in [0.1, 0.15) is 5.75 Å². The Kier molecular flexibility index (Phi) is 4.15. The topological polar surface area (TPSA) is 85.8 Å². The largest absolute Gasteiger partial charge is 0.506 e. The molecular weight excluding hydrogens is 284 g/mol. The highest BCUT2D eigenvalue weighted by Crippen LogP contribution is 2.31. The summed E-state index contributed by atoms with van der Waals surface area (Å²) < 4.78 is 5.34. The first kappa shape index (κ1) is 15.0. The van der Waals surface area contributed by atoms with Crippen LogP contribution in [0.2, 0.25) is 0 Å². The lowest BCUT2D eigenvalue weighted by atomic mass is 9.97. The molecule has 1 aromatic heterocycles. The van der Waals surface area contributed by atoms with Gasteiger partial charge in [-0.1, -0.05) is 6.07 Å². The lowest BCUT2D eigenvalue weighted by Crippen LogP contribution is -2.44. The Morgan fingerprint density at radius 3 is 2.68 bits per heavy atom. The maximum atomic E-state index is 11.4. The van der Waals surface area contributed by atoms with Gasteiger partial charge in [0.15, 0.2) is 0 Å². The number of fused-ring (bicyclic) bond motifs is 1. The van der Waals surface area contributed by atoms with Gasteiger partial charge in [-0.05, 0) is 24.6 Å². The van der Waals surface area contributed by atoms with E-state index in [0.29, 0.717) is 29.7 Å². The minimum Gasteiger partial charge on any atom is -0.506 e. The van der Waals surface area contributed by atoms with Crippen LogP contribution in [0, 0.1) is 0 Å². The number of benzene rings is 1. The molecule has 6 heteroatoms. The van der Waals surface area contributed by atoms with E-state index in [1.54, 1.807) is 12.1 Å². The minimum absolute atomic E-state index is 0.00248. The molecule has 118 valence electrons. The Morgan fingerprint density at radius 2 is 1.95 bits per heavy atom. The molecule has 2 heterocycles. The number of pyridine rings is 1. The summed E-state index contributed by atoms with van der Waals surface area (Å²) in [6.07, 6.45) is -0.716. The molecule has 6 nitrogen and oxygen atoms in total. The maximum Gasteiger partial charge on any atom is 0.248 e.